The van der Waals surface area contributed by atoms with E-state index >= 15 is 0 Å². The van der Waals surface area contributed by atoms with Crippen LogP contribution in [0, 0.1) is 0 Å². The minimum atomic E-state index is -0.291. The highest BCUT2D eigenvalue weighted by molar-refractivity contribution is 5.50. The second-order valence-electron chi connectivity index (χ2n) is 11.9. The molecule has 2 unspecified atom stereocenters. The van der Waals surface area contributed by atoms with Crippen molar-refractivity contribution in [3.63, 3.8) is 0 Å². The molecule has 2 aromatic rings. The summed E-state index contributed by atoms with van der Waals surface area (Å²) in [6.45, 7) is 27.1. The molecule has 0 fully saturated rings. The zero-order chi connectivity index (χ0) is 27.3. The van der Waals surface area contributed by atoms with Crippen molar-refractivity contribution in [3.8, 4) is 11.5 Å². The van der Waals surface area contributed by atoms with Gasteiger partial charge in [-0.1, -0.05) is 79.7 Å². The minimum absolute atomic E-state index is 0.0738. The van der Waals surface area contributed by atoms with E-state index in [9.17, 15) is 0 Å². The average molecular weight is 499 g/mol. The summed E-state index contributed by atoms with van der Waals surface area (Å²) in [5.74, 6) is 1.77. The van der Waals surface area contributed by atoms with Gasteiger partial charge in [0.1, 0.15) is 11.5 Å². The fraction of sp³-hybridized carbons (Fsp3) is 0.625. The molecule has 2 rings (SSSR count). The van der Waals surface area contributed by atoms with E-state index in [0.717, 1.165) is 17.9 Å². The van der Waals surface area contributed by atoms with Crippen LogP contribution in [0.4, 0.5) is 0 Å². The molecule has 0 aliphatic carbocycles. The molecule has 2 atom stereocenters. The molecule has 0 amide bonds. The molecule has 0 aromatic heterocycles. The summed E-state index contributed by atoms with van der Waals surface area (Å²) >= 11 is 0. The van der Waals surface area contributed by atoms with Crippen LogP contribution in [-0.4, -0.2) is 25.8 Å². The first-order valence-corrected chi connectivity index (χ1v) is 13.5. The first kappa shape index (κ1) is 30.2. The third-order valence-electron chi connectivity index (χ3n) is 6.95. The first-order valence-electron chi connectivity index (χ1n) is 13.5. The Morgan fingerprint density at radius 1 is 0.611 bits per heavy atom. The van der Waals surface area contributed by atoms with Gasteiger partial charge in [0.05, 0.1) is 0 Å². The number of benzene rings is 2. The largest absolute Gasteiger partial charge is 0.465 e. The van der Waals surface area contributed by atoms with E-state index in [-0.39, 0.29) is 28.8 Å². The van der Waals surface area contributed by atoms with Gasteiger partial charge in [-0.2, -0.15) is 0 Å². The van der Waals surface area contributed by atoms with Gasteiger partial charge in [-0.05, 0) is 79.3 Å². The molecule has 4 nitrogen and oxygen atoms in total. The van der Waals surface area contributed by atoms with Gasteiger partial charge < -0.3 is 18.9 Å². The maximum Gasteiger partial charge on any atom is 0.196 e. The van der Waals surface area contributed by atoms with Crippen LogP contribution >= 0.6 is 0 Å². The Morgan fingerprint density at radius 3 is 1.25 bits per heavy atom. The molecule has 202 valence electrons. The molecule has 36 heavy (non-hydrogen) atoms. The molecule has 0 heterocycles. The van der Waals surface area contributed by atoms with Crippen molar-refractivity contribution in [2.75, 3.05) is 13.2 Å². The van der Waals surface area contributed by atoms with Crippen LogP contribution in [0.25, 0.3) is 0 Å². The molecule has 0 radical (unpaired) electrons. The van der Waals surface area contributed by atoms with Gasteiger partial charge in [-0.3, -0.25) is 0 Å². The lowest BCUT2D eigenvalue weighted by Gasteiger charge is -2.34. The summed E-state index contributed by atoms with van der Waals surface area (Å²) in [7, 11) is 0. The van der Waals surface area contributed by atoms with Crippen LogP contribution in [-0.2, 0) is 25.7 Å². The van der Waals surface area contributed by atoms with E-state index in [1.54, 1.807) is 0 Å². The summed E-state index contributed by atoms with van der Waals surface area (Å²) < 4.78 is 23.7. The lowest BCUT2D eigenvalue weighted by atomic mass is 9.71. The van der Waals surface area contributed by atoms with Crippen molar-refractivity contribution in [2.24, 2.45) is 0 Å². The summed E-state index contributed by atoms with van der Waals surface area (Å²) in [6.07, 6.45) is 0.381. The highest BCUT2D eigenvalue weighted by Gasteiger charge is 2.32. The molecule has 0 saturated heterocycles. The second-order valence-corrected chi connectivity index (χ2v) is 11.9. The molecule has 0 aliphatic heterocycles. The molecule has 2 aromatic carbocycles. The quantitative estimate of drug-likeness (QED) is 0.291. The Labute approximate surface area is 220 Å². The van der Waals surface area contributed by atoms with Gasteiger partial charge >= 0.3 is 0 Å². The van der Waals surface area contributed by atoms with Crippen LogP contribution < -0.4 is 9.47 Å². The smallest absolute Gasteiger partial charge is 0.196 e. The van der Waals surface area contributed by atoms with Crippen molar-refractivity contribution in [2.45, 2.75) is 118 Å². The number of rotatable bonds is 11. The zero-order valence-electron chi connectivity index (χ0n) is 24.9. The molecule has 0 bridgehead atoms. The molecule has 0 saturated carbocycles. The second kappa shape index (κ2) is 12.0. The monoisotopic (exact) mass is 498 g/mol. The SMILES string of the molecule is CCOC(C)Oc1ccc(C(C)(CC)c2ccc(OC(C)OCC)c(C(C)(C)C)c2)cc1C(C)(C)C. The van der Waals surface area contributed by atoms with Gasteiger partial charge in [-0.15, -0.1) is 0 Å². The molecule has 0 N–H and O–H groups in total. The van der Waals surface area contributed by atoms with E-state index in [1.807, 2.05) is 27.7 Å². The Kier molecular flexibility index (Phi) is 10.1. The topological polar surface area (TPSA) is 36.9 Å². The Morgan fingerprint density at radius 2 is 0.972 bits per heavy atom. The normalized spacial score (nSPS) is 15.8. The Bertz CT molecular complexity index is 905. The standard InChI is InChI=1S/C32H50O4/c1-13-32(12,24-16-18-28(35-22(4)33-14-2)26(20-24)30(6,7)8)25-17-19-29(36-23(5)34-15-3)27(21-25)31(9,10)11/h16-23H,13-15H2,1-12H3. The Balaban J connectivity index is 2.61. The summed E-state index contributed by atoms with van der Waals surface area (Å²) in [6, 6.07) is 13.3. The van der Waals surface area contributed by atoms with Crippen LogP contribution in [0.5, 0.6) is 11.5 Å². The van der Waals surface area contributed by atoms with Gasteiger partial charge in [0.2, 0.25) is 0 Å². The number of hydrogen-bond acceptors (Lipinski definition) is 4. The van der Waals surface area contributed by atoms with E-state index in [1.165, 1.54) is 22.3 Å². The van der Waals surface area contributed by atoms with Crippen LogP contribution in [0.2, 0.25) is 0 Å². The fourth-order valence-electron chi connectivity index (χ4n) is 4.59. The summed E-state index contributed by atoms with van der Waals surface area (Å²) in [5.41, 5.74) is 4.62. The number of hydrogen-bond donors (Lipinski definition) is 0. The third-order valence-corrected chi connectivity index (χ3v) is 6.95. The van der Waals surface area contributed by atoms with Crippen LogP contribution in [0.1, 0.15) is 112 Å². The number of ether oxygens (including phenoxy) is 4. The fourth-order valence-corrected chi connectivity index (χ4v) is 4.59. The van der Waals surface area contributed by atoms with Crippen molar-refractivity contribution < 1.29 is 18.9 Å². The predicted molar refractivity (Wildman–Crippen MR) is 150 cm³/mol. The summed E-state index contributed by atoms with van der Waals surface area (Å²) in [5, 5.41) is 0. The molecular weight excluding hydrogens is 448 g/mol. The van der Waals surface area contributed by atoms with Crippen LogP contribution in [0.15, 0.2) is 36.4 Å². The third kappa shape index (κ3) is 7.26. The van der Waals surface area contributed by atoms with E-state index < -0.39 is 0 Å². The van der Waals surface area contributed by atoms with Crippen molar-refractivity contribution in [1.29, 1.82) is 0 Å². The Hall–Kier alpha value is -2.04. The maximum atomic E-state index is 6.21. The lowest BCUT2D eigenvalue weighted by Crippen LogP contribution is -2.26. The zero-order valence-corrected chi connectivity index (χ0v) is 24.9. The first-order chi connectivity index (χ1) is 16.7. The van der Waals surface area contributed by atoms with Gasteiger partial charge in [0.25, 0.3) is 0 Å². The molecular formula is C32H50O4. The van der Waals surface area contributed by atoms with Crippen molar-refractivity contribution >= 4 is 0 Å². The summed E-state index contributed by atoms with van der Waals surface area (Å²) in [4.78, 5) is 0. The maximum absolute atomic E-state index is 6.21. The minimum Gasteiger partial charge on any atom is -0.465 e. The van der Waals surface area contributed by atoms with E-state index in [0.29, 0.717) is 13.2 Å². The highest BCUT2D eigenvalue weighted by Crippen LogP contribution is 2.43. The van der Waals surface area contributed by atoms with E-state index in [2.05, 4.69) is 91.8 Å². The van der Waals surface area contributed by atoms with E-state index in [4.69, 9.17) is 18.9 Å². The molecule has 4 heteroatoms. The average Bonchev–Trinajstić information content (AvgIpc) is 2.78. The lowest BCUT2D eigenvalue weighted by molar-refractivity contribution is -0.0624. The van der Waals surface area contributed by atoms with Gasteiger partial charge in [0, 0.05) is 18.6 Å². The molecule has 0 aliphatic rings. The van der Waals surface area contributed by atoms with Crippen molar-refractivity contribution in [3.05, 3.63) is 58.7 Å². The molecule has 0 spiro atoms. The van der Waals surface area contributed by atoms with Gasteiger partial charge in [-0.25, -0.2) is 0 Å². The van der Waals surface area contributed by atoms with Crippen molar-refractivity contribution in [1.82, 2.24) is 0 Å². The highest BCUT2D eigenvalue weighted by atomic mass is 16.7. The van der Waals surface area contributed by atoms with Crippen LogP contribution in [0.3, 0.4) is 0 Å². The predicted octanol–water partition coefficient (Wildman–Crippen LogP) is 8.52. The van der Waals surface area contributed by atoms with Gasteiger partial charge in [0.15, 0.2) is 12.6 Å².